The predicted molar refractivity (Wildman–Crippen MR) is 147 cm³/mol. The summed E-state index contributed by atoms with van der Waals surface area (Å²) in [7, 11) is 6.83. The number of aliphatic hydroxyl groups is 1. The fourth-order valence-electron chi connectivity index (χ4n) is 4.75. The minimum absolute atomic E-state index is 0.0929. The summed E-state index contributed by atoms with van der Waals surface area (Å²) in [5, 5.41) is 13.5. The molecule has 2 heterocycles. The summed E-state index contributed by atoms with van der Waals surface area (Å²) in [6.45, 7) is 2.46. The van der Waals surface area contributed by atoms with Gasteiger partial charge in [-0.15, -0.1) is 0 Å². The number of aryl methyl sites for hydroxylation is 1. The molecule has 2 aromatic carbocycles. The Bertz CT molecular complexity index is 1410. The molecule has 0 unspecified atom stereocenters. The Morgan fingerprint density at radius 2 is 1.84 bits per heavy atom. The van der Waals surface area contributed by atoms with Gasteiger partial charge in [-0.25, -0.2) is 9.37 Å². The first-order valence-electron chi connectivity index (χ1n) is 11.9. The first-order chi connectivity index (χ1) is 17.7. The van der Waals surface area contributed by atoms with E-state index in [1.807, 2.05) is 56.3 Å². The zero-order valence-electron chi connectivity index (χ0n) is 21.6. The molecule has 0 saturated heterocycles. The molecule has 0 saturated carbocycles. The van der Waals surface area contributed by atoms with E-state index >= 15 is 4.39 Å². The Morgan fingerprint density at radius 1 is 1.05 bits per heavy atom. The van der Waals surface area contributed by atoms with Crippen molar-refractivity contribution in [3.05, 3.63) is 93.5 Å². The van der Waals surface area contributed by atoms with E-state index in [0.717, 1.165) is 20.9 Å². The number of methoxy groups -OCH3 is 2. The fourth-order valence-corrected chi connectivity index (χ4v) is 5.13. The number of nitrogens with zero attached hydrogens (tertiary/aromatic N) is 3. The van der Waals surface area contributed by atoms with Crippen LogP contribution in [0.5, 0.6) is 11.6 Å². The quantitative estimate of drug-likeness (QED) is 0.274. The van der Waals surface area contributed by atoms with E-state index < -0.39 is 17.3 Å². The number of ether oxygens (including phenoxy) is 2. The smallest absolute Gasteiger partial charge is 0.217 e. The van der Waals surface area contributed by atoms with Gasteiger partial charge >= 0.3 is 0 Å². The van der Waals surface area contributed by atoms with Crippen molar-refractivity contribution in [3.8, 4) is 11.6 Å². The summed E-state index contributed by atoms with van der Waals surface area (Å²) in [6.07, 6.45) is 3.67. The molecule has 6 nitrogen and oxygen atoms in total. The second kappa shape index (κ2) is 11.1. The van der Waals surface area contributed by atoms with E-state index in [0.29, 0.717) is 30.0 Å². The molecule has 37 heavy (non-hydrogen) atoms. The van der Waals surface area contributed by atoms with Crippen LogP contribution in [-0.4, -0.2) is 54.8 Å². The number of benzene rings is 2. The van der Waals surface area contributed by atoms with Crippen molar-refractivity contribution >= 4 is 26.8 Å². The maximum absolute atomic E-state index is 16.0. The number of hydrogen-bond donors (Lipinski definition) is 1. The van der Waals surface area contributed by atoms with Crippen LogP contribution in [0.3, 0.4) is 0 Å². The summed E-state index contributed by atoms with van der Waals surface area (Å²) in [5.74, 6) is -1.03. The van der Waals surface area contributed by atoms with Crippen molar-refractivity contribution in [2.75, 3.05) is 34.9 Å². The zero-order valence-corrected chi connectivity index (χ0v) is 23.2. The molecule has 2 aromatic heterocycles. The lowest BCUT2D eigenvalue weighted by Crippen LogP contribution is -2.38. The topological polar surface area (TPSA) is 67.7 Å². The van der Waals surface area contributed by atoms with Crippen molar-refractivity contribution in [2.45, 2.75) is 24.9 Å². The van der Waals surface area contributed by atoms with Gasteiger partial charge in [-0.05, 0) is 63.3 Å². The van der Waals surface area contributed by atoms with Crippen LogP contribution in [0.15, 0.2) is 65.4 Å². The van der Waals surface area contributed by atoms with Gasteiger partial charge in [0.2, 0.25) is 5.88 Å². The van der Waals surface area contributed by atoms with Crippen LogP contribution < -0.4 is 9.47 Å². The summed E-state index contributed by atoms with van der Waals surface area (Å²) in [4.78, 5) is 11.1. The molecule has 2 atom stereocenters. The van der Waals surface area contributed by atoms with Crippen LogP contribution >= 0.6 is 15.9 Å². The van der Waals surface area contributed by atoms with Gasteiger partial charge in [0.25, 0.3) is 0 Å². The molecule has 0 radical (unpaired) electrons. The van der Waals surface area contributed by atoms with Crippen molar-refractivity contribution in [1.82, 2.24) is 14.9 Å². The molecule has 1 N–H and O–H groups in total. The van der Waals surface area contributed by atoms with Crippen molar-refractivity contribution in [3.63, 3.8) is 0 Å². The lowest BCUT2D eigenvalue weighted by molar-refractivity contribution is 0.00246. The van der Waals surface area contributed by atoms with Crippen LogP contribution in [0.1, 0.15) is 34.6 Å². The van der Waals surface area contributed by atoms with E-state index in [4.69, 9.17) is 14.5 Å². The predicted octanol–water partition coefficient (Wildman–Crippen LogP) is 5.83. The number of hydrogen-bond acceptors (Lipinski definition) is 6. The minimum atomic E-state index is -1.56. The maximum Gasteiger partial charge on any atom is 0.217 e. The molecular formula is C29H31BrFN3O3. The molecule has 194 valence electrons. The first-order valence-corrected chi connectivity index (χ1v) is 12.7. The Labute approximate surface area is 225 Å². The summed E-state index contributed by atoms with van der Waals surface area (Å²) in [5.41, 5.74) is 1.46. The fraction of sp³-hybridized carbons (Fsp3) is 0.310. The second-order valence-electron chi connectivity index (χ2n) is 9.45. The molecule has 4 aromatic rings. The van der Waals surface area contributed by atoms with E-state index in [2.05, 4.69) is 20.9 Å². The van der Waals surface area contributed by atoms with Gasteiger partial charge in [-0.2, -0.15) is 0 Å². The van der Waals surface area contributed by atoms with Crippen molar-refractivity contribution in [2.24, 2.45) is 0 Å². The van der Waals surface area contributed by atoms with E-state index in [1.165, 1.54) is 14.2 Å². The van der Waals surface area contributed by atoms with Crippen molar-refractivity contribution < 1.29 is 19.0 Å². The number of aromatic nitrogens is 2. The third-order valence-corrected chi connectivity index (χ3v) is 7.08. The van der Waals surface area contributed by atoms with Crippen LogP contribution in [0.25, 0.3) is 10.9 Å². The Morgan fingerprint density at radius 3 is 2.51 bits per heavy atom. The van der Waals surface area contributed by atoms with Crippen LogP contribution in [0, 0.1) is 12.7 Å². The van der Waals surface area contributed by atoms with Crippen LogP contribution in [0.2, 0.25) is 0 Å². The Balaban J connectivity index is 2.09. The molecule has 0 bridgehead atoms. The maximum atomic E-state index is 16.0. The number of pyridine rings is 2. The average Bonchev–Trinajstić information content (AvgIpc) is 2.88. The minimum Gasteiger partial charge on any atom is -0.494 e. The van der Waals surface area contributed by atoms with Gasteiger partial charge in [-0.3, -0.25) is 4.98 Å². The van der Waals surface area contributed by atoms with Gasteiger partial charge in [-0.1, -0.05) is 34.1 Å². The molecule has 0 fully saturated rings. The lowest BCUT2D eigenvalue weighted by Gasteiger charge is -2.39. The number of halogens is 2. The van der Waals surface area contributed by atoms with Gasteiger partial charge in [0.05, 0.1) is 25.7 Å². The largest absolute Gasteiger partial charge is 0.494 e. The summed E-state index contributed by atoms with van der Waals surface area (Å²) < 4.78 is 28.0. The average molecular weight is 568 g/mol. The van der Waals surface area contributed by atoms with Gasteiger partial charge in [0.15, 0.2) is 11.6 Å². The van der Waals surface area contributed by atoms with Gasteiger partial charge in [0, 0.05) is 45.5 Å². The molecule has 0 aliphatic carbocycles. The van der Waals surface area contributed by atoms with E-state index in [1.54, 1.807) is 30.6 Å². The lowest BCUT2D eigenvalue weighted by atomic mass is 9.71. The van der Waals surface area contributed by atoms with E-state index in [9.17, 15) is 5.11 Å². The van der Waals surface area contributed by atoms with Crippen LogP contribution in [-0.2, 0) is 5.60 Å². The third-order valence-electron chi connectivity index (χ3n) is 6.59. The molecule has 8 heteroatoms. The molecule has 0 spiro atoms. The molecular weight excluding hydrogens is 537 g/mol. The molecule has 0 aliphatic rings. The van der Waals surface area contributed by atoms with Crippen LogP contribution in [0.4, 0.5) is 4.39 Å². The number of rotatable bonds is 9. The second-order valence-corrected chi connectivity index (χ2v) is 10.4. The first kappa shape index (κ1) is 27.0. The Kier molecular flexibility index (Phi) is 8.11. The zero-order chi connectivity index (χ0) is 26.7. The summed E-state index contributed by atoms with van der Waals surface area (Å²) >= 11 is 3.53. The molecule has 0 amide bonds. The third kappa shape index (κ3) is 5.46. The highest BCUT2D eigenvalue weighted by atomic mass is 79.9. The normalized spacial score (nSPS) is 14.0. The highest BCUT2D eigenvalue weighted by Crippen LogP contribution is 2.49. The SMILES string of the molecule is COc1cccc([C@H](c2cc3cc(Br)ccc3nc2OC)[C@@](O)(CCN(C)C)c2cncc(C)c2)c1F. The molecule has 4 rings (SSSR count). The standard InChI is InChI=1S/C29H31BrFN3O3/c1-18-13-20(17-32-16-18)29(35,11-12-34(2)3)26(22-7-6-8-25(36-4)27(22)31)23-15-19-14-21(30)9-10-24(19)33-28(23)37-5/h6-10,13-17,26,35H,11-12H2,1-5H3/t26-,29-/m1/s1. The summed E-state index contributed by atoms with van der Waals surface area (Å²) in [6, 6.07) is 14.5. The van der Waals surface area contributed by atoms with Crippen molar-refractivity contribution in [1.29, 1.82) is 0 Å². The van der Waals surface area contributed by atoms with Gasteiger partial charge < -0.3 is 19.5 Å². The molecule has 0 aliphatic heterocycles. The Hall–Kier alpha value is -3.07. The van der Waals surface area contributed by atoms with E-state index in [-0.39, 0.29) is 11.3 Å². The number of fused-ring (bicyclic) bond motifs is 1. The highest BCUT2D eigenvalue weighted by molar-refractivity contribution is 9.10. The van der Waals surface area contributed by atoms with Gasteiger partial charge in [0.1, 0.15) is 5.60 Å². The highest BCUT2D eigenvalue weighted by Gasteiger charge is 2.44. The monoisotopic (exact) mass is 567 g/mol.